The molecular formula is C22H15BrF4N2O2. The van der Waals surface area contributed by atoms with Gasteiger partial charge in [0.15, 0.2) is 6.61 Å². The maximum absolute atomic E-state index is 14.4. The van der Waals surface area contributed by atoms with Gasteiger partial charge >= 0.3 is 6.18 Å². The van der Waals surface area contributed by atoms with Crippen LogP contribution in [0.25, 0.3) is 11.1 Å². The van der Waals surface area contributed by atoms with Crippen LogP contribution in [0.5, 0.6) is 5.88 Å². The van der Waals surface area contributed by atoms with Gasteiger partial charge in [0.2, 0.25) is 5.88 Å². The molecule has 0 bridgehead atoms. The Kier molecular flexibility index (Phi) is 5.70. The Hall–Kier alpha value is -2.94. The molecule has 4 rings (SSSR count). The summed E-state index contributed by atoms with van der Waals surface area (Å²) in [6.45, 7) is -0.379. The molecule has 0 radical (unpaired) electrons. The Morgan fingerprint density at radius 3 is 2.61 bits per heavy atom. The fourth-order valence-corrected chi connectivity index (χ4v) is 3.99. The molecule has 2 aromatic carbocycles. The highest BCUT2D eigenvalue weighted by atomic mass is 79.9. The van der Waals surface area contributed by atoms with Crippen LogP contribution in [0.4, 0.5) is 17.6 Å². The minimum Gasteiger partial charge on any atom is -0.467 e. The predicted octanol–water partition coefficient (Wildman–Crippen LogP) is 5.59. The zero-order valence-corrected chi connectivity index (χ0v) is 17.5. The molecule has 0 N–H and O–H groups in total. The normalized spacial score (nSPS) is 14.1. The summed E-state index contributed by atoms with van der Waals surface area (Å²) >= 11 is 3.10. The first-order valence-electron chi connectivity index (χ1n) is 9.22. The van der Waals surface area contributed by atoms with E-state index in [1.165, 1.54) is 23.2 Å². The third-order valence-corrected chi connectivity index (χ3v) is 5.33. The third-order valence-electron chi connectivity index (χ3n) is 4.87. The van der Waals surface area contributed by atoms with E-state index >= 15 is 0 Å². The number of rotatable bonds is 3. The number of pyridine rings is 1. The number of aromatic nitrogens is 1. The first-order chi connectivity index (χ1) is 14.7. The molecule has 0 fully saturated rings. The van der Waals surface area contributed by atoms with E-state index in [0.717, 1.165) is 12.1 Å². The van der Waals surface area contributed by atoms with Crippen molar-refractivity contribution < 1.29 is 27.1 Å². The summed E-state index contributed by atoms with van der Waals surface area (Å²) < 4.78 is 59.7. The van der Waals surface area contributed by atoms with Crippen LogP contribution < -0.4 is 4.74 Å². The van der Waals surface area contributed by atoms with E-state index in [-0.39, 0.29) is 30.0 Å². The summed E-state index contributed by atoms with van der Waals surface area (Å²) in [5, 5.41) is 0. The zero-order valence-electron chi connectivity index (χ0n) is 15.9. The Morgan fingerprint density at radius 1 is 1.10 bits per heavy atom. The van der Waals surface area contributed by atoms with Crippen LogP contribution in [0.1, 0.15) is 16.7 Å². The van der Waals surface area contributed by atoms with Crippen LogP contribution in [0.2, 0.25) is 0 Å². The number of fused-ring (bicyclic) bond motifs is 1. The summed E-state index contributed by atoms with van der Waals surface area (Å²) in [4.78, 5) is 18.2. The SMILES string of the molecule is O=C1COc2nccc(-c3ccccc3F)c2CN1Cc1cc(Br)cc(C(F)(F)F)c1. The van der Waals surface area contributed by atoms with E-state index in [4.69, 9.17) is 4.74 Å². The van der Waals surface area contributed by atoms with Crippen LogP contribution in [0.3, 0.4) is 0 Å². The molecule has 2 heterocycles. The maximum atomic E-state index is 14.4. The van der Waals surface area contributed by atoms with Crippen molar-refractivity contribution in [2.45, 2.75) is 19.3 Å². The average Bonchev–Trinajstić information content (AvgIpc) is 2.86. The lowest BCUT2D eigenvalue weighted by Gasteiger charge is -2.22. The van der Waals surface area contributed by atoms with Crippen LogP contribution in [0, 0.1) is 5.82 Å². The van der Waals surface area contributed by atoms with Crippen molar-refractivity contribution in [1.29, 1.82) is 0 Å². The van der Waals surface area contributed by atoms with Crippen molar-refractivity contribution in [2.75, 3.05) is 6.61 Å². The van der Waals surface area contributed by atoms with Gasteiger partial charge in [-0.2, -0.15) is 13.2 Å². The molecule has 160 valence electrons. The van der Waals surface area contributed by atoms with E-state index in [2.05, 4.69) is 20.9 Å². The predicted molar refractivity (Wildman–Crippen MR) is 109 cm³/mol. The smallest absolute Gasteiger partial charge is 0.416 e. The molecule has 1 aliphatic rings. The lowest BCUT2D eigenvalue weighted by molar-refractivity contribution is -0.137. The van der Waals surface area contributed by atoms with Gasteiger partial charge in [-0.15, -0.1) is 0 Å². The second-order valence-corrected chi connectivity index (χ2v) is 7.92. The second kappa shape index (κ2) is 8.30. The van der Waals surface area contributed by atoms with Crippen molar-refractivity contribution in [1.82, 2.24) is 9.88 Å². The van der Waals surface area contributed by atoms with Gasteiger partial charge < -0.3 is 9.64 Å². The summed E-state index contributed by atoms with van der Waals surface area (Å²) in [7, 11) is 0. The number of amides is 1. The van der Waals surface area contributed by atoms with E-state index in [0.29, 0.717) is 22.3 Å². The van der Waals surface area contributed by atoms with E-state index in [1.54, 1.807) is 24.3 Å². The van der Waals surface area contributed by atoms with Gasteiger partial charge in [-0.1, -0.05) is 34.1 Å². The molecule has 3 aromatic rings. The van der Waals surface area contributed by atoms with Gasteiger partial charge in [-0.05, 0) is 41.5 Å². The molecule has 1 amide bonds. The largest absolute Gasteiger partial charge is 0.467 e. The van der Waals surface area contributed by atoms with Gasteiger partial charge in [0.05, 0.1) is 12.1 Å². The Balaban J connectivity index is 1.71. The van der Waals surface area contributed by atoms with Crippen molar-refractivity contribution in [3.05, 3.63) is 81.7 Å². The Bertz CT molecular complexity index is 1150. The number of halogens is 5. The first-order valence-corrected chi connectivity index (χ1v) is 10.0. The maximum Gasteiger partial charge on any atom is 0.416 e. The van der Waals surface area contributed by atoms with Gasteiger partial charge in [0.25, 0.3) is 5.91 Å². The number of carbonyl (C=O) groups excluding carboxylic acids is 1. The molecule has 0 saturated heterocycles. The molecule has 1 aliphatic heterocycles. The van der Waals surface area contributed by atoms with E-state index in [1.807, 2.05) is 0 Å². The monoisotopic (exact) mass is 494 g/mol. The number of alkyl halides is 3. The van der Waals surface area contributed by atoms with Crippen molar-refractivity contribution in [2.24, 2.45) is 0 Å². The van der Waals surface area contributed by atoms with Gasteiger partial charge in [0.1, 0.15) is 5.82 Å². The molecule has 0 spiro atoms. The quantitative estimate of drug-likeness (QED) is 0.445. The number of carbonyl (C=O) groups is 1. The molecule has 0 saturated carbocycles. The van der Waals surface area contributed by atoms with Gasteiger partial charge in [-0.25, -0.2) is 9.37 Å². The summed E-state index contributed by atoms with van der Waals surface area (Å²) in [6, 6.07) is 11.3. The number of benzene rings is 2. The molecule has 1 aromatic heterocycles. The number of hydrogen-bond donors (Lipinski definition) is 0. The molecule has 9 heteroatoms. The summed E-state index contributed by atoms with van der Waals surface area (Å²) in [5.41, 5.74) is 0.803. The highest BCUT2D eigenvalue weighted by Gasteiger charge is 2.32. The van der Waals surface area contributed by atoms with Crippen LogP contribution in [0.15, 0.2) is 59.2 Å². The Labute approximate surface area is 183 Å². The molecule has 0 aliphatic carbocycles. The van der Waals surface area contributed by atoms with E-state index in [9.17, 15) is 22.4 Å². The van der Waals surface area contributed by atoms with Gasteiger partial charge in [-0.3, -0.25) is 4.79 Å². The van der Waals surface area contributed by atoms with Crippen molar-refractivity contribution in [3.8, 4) is 17.0 Å². The average molecular weight is 495 g/mol. The topological polar surface area (TPSA) is 42.4 Å². The van der Waals surface area contributed by atoms with E-state index < -0.39 is 23.5 Å². The van der Waals surface area contributed by atoms with Crippen LogP contribution in [-0.2, 0) is 24.1 Å². The minimum absolute atomic E-state index is 0.0134. The number of hydrogen-bond acceptors (Lipinski definition) is 3. The highest BCUT2D eigenvalue weighted by molar-refractivity contribution is 9.10. The minimum atomic E-state index is -4.51. The summed E-state index contributed by atoms with van der Waals surface area (Å²) in [6.07, 6.45) is -3.05. The van der Waals surface area contributed by atoms with Crippen molar-refractivity contribution in [3.63, 3.8) is 0 Å². The Morgan fingerprint density at radius 2 is 1.87 bits per heavy atom. The fraction of sp³-hybridized carbons (Fsp3) is 0.182. The van der Waals surface area contributed by atoms with Crippen LogP contribution >= 0.6 is 15.9 Å². The first kappa shape index (κ1) is 21.3. The molecular weight excluding hydrogens is 480 g/mol. The second-order valence-electron chi connectivity index (χ2n) is 7.01. The molecule has 0 atom stereocenters. The molecule has 31 heavy (non-hydrogen) atoms. The van der Waals surface area contributed by atoms with Crippen molar-refractivity contribution >= 4 is 21.8 Å². The zero-order chi connectivity index (χ0) is 22.2. The van der Waals surface area contributed by atoms with Gasteiger partial charge in [0, 0.05) is 28.3 Å². The molecule has 4 nitrogen and oxygen atoms in total. The lowest BCUT2D eigenvalue weighted by atomic mass is 10.00. The number of nitrogens with zero attached hydrogens (tertiary/aromatic N) is 2. The molecule has 0 unspecified atom stereocenters. The highest BCUT2D eigenvalue weighted by Crippen LogP contribution is 2.35. The standard InChI is InChI=1S/C22H15BrF4N2O2/c23-15-8-13(7-14(9-15)22(25,26)27)10-29-11-18-16(17-3-1-2-4-19(17)24)5-6-28-21(18)31-12-20(29)30/h1-9H,10-12H2. The third kappa shape index (κ3) is 4.56. The number of ether oxygens (including phenoxy) is 1. The summed E-state index contributed by atoms with van der Waals surface area (Å²) in [5.74, 6) is -0.660. The van der Waals surface area contributed by atoms with Crippen LogP contribution in [-0.4, -0.2) is 22.4 Å². The fourth-order valence-electron chi connectivity index (χ4n) is 3.45. The lowest BCUT2D eigenvalue weighted by Crippen LogP contribution is -2.32.